The number of carbonyl (C=O) groups excluding carboxylic acids is 1. The highest BCUT2D eigenvalue weighted by Crippen LogP contribution is 2.40. The van der Waals surface area contributed by atoms with Crippen molar-refractivity contribution in [1.82, 2.24) is 9.80 Å². The van der Waals surface area contributed by atoms with E-state index in [1.54, 1.807) is 33.5 Å². The first-order valence-electron chi connectivity index (χ1n) is 11.8. The van der Waals surface area contributed by atoms with Crippen LogP contribution in [-0.4, -0.2) is 69.8 Å². The first-order valence-corrected chi connectivity index (χ1v) is 11.8. The van der Waals surface area contributed by atoms with Gasteiger partial charge in [0.15, 0.2) is 11.5 Å². The minimum absolute atomic E-state index is 0.0642. The van der Waals surface area contributed by atoms with Gasteiger partial charge in [0.05, 0.1) is 33.9 Å². The number of benzene rings is 3. The molecule has 1 fully saturated rings. The second-order valence-corrected chi connectivity index (χ2v) is 8.41. The van der Waals surface area contributed by atoms with Gasteiger partial charge in [-0.1, -0.05) is 60.7 Å². The molecule has 1 N–H and O–H groups in total. The molecule has 0 radical (unpaired) electrons. The number of methoxy groups -OCH3 is 3. The van der Waals surface area contributed by atoms with Crippen LogP contribution in [0.2, 0.25) is 0 Å². The topological polar surface area (TPSA) is 63.3 Å². The molecular weight excluding hydrogens is 442 g/mol. The van der Waals surface area contributed by atoms with Crippen molar-refractivity contribution in [3.63, 3.8) is 0 Å². The van der Waals surface area contributed by atoms with E-state index in [1.165, 1.54) is 11.1 Å². The van der Waals surface area contributed by atoms with Crippen molar-refractivity contribution in [2.75, 3.05) is 59.4 Å². The predicted octanol–water partition coefficient (Wildman–Crippen LogP) is 4.06. The van der Waals surface area contributed by atoms with E-state index in [9.17, 15) is 4.79 Å². The fraction of sp³-hybridized carbons (Fsp3) is 0.321. The predicted molar refractivity (Wildman–Crippen MR) is 137 cm³/mol. The molecule has 0 atom stereocenters. The Morgan fingerprint density at radius 3 is 1.77 bits per heavy atom. The quantitative estimate of drug-likeness (QED) is 0.504. The molecule has 184 valence electrons. The third kappa shape index (κ3) is 5.69. The highest BCUT2D eigenvalue weighted by Gasteiger charge is 2.28. The summed E-state index contributed by atoms with van der Waals surface area (Å²) >= 11 is 0. The highest BCUT2D eigenvalue weighted by molar-refractivity contribution is 5.81. The number of rotatable bonds is 9. The summed E-state index contributed by atoms with van der Waals surface area (Å²) in [5, 5.41) is 3.21. The Kier molecular flexibility index (Phi) is 8.11. The molecule has 1 heterocycles. The van der Waals surface area contributed by atoms with Gasteiger partial charge in [0.1, 0.15) is 0 Å². The fourth-order valence-electron chi connectivity index (χ4n) is 4.59. The molecule has 1 aliphatic heterocycles. The molecular formula is C28H33N3O4. The van der Waals surface area contributed by atoms with Gasteiger partial charge in [-0.15, -0.1) is 0 Å². The third-order valence-electron chi connectivity index (χ3n) is 6.37. The lowest BCUT2D eigenvalue weighted by atomic mass is 9.96. The van der Waals surface area contributed by atoms with Gasteiger partial charge in [0.2, 0.25) is 11.7 Å². The second-order valence-electron chi connectivity index (χ2n) is 8.41. The van der Waals surface area contributed by atoms with Gasteiger partial charge in [-0.3, -0.25) is 9.69 Å². The van der Waals surface area contributed by atoms with Gasteiger partial charge in [-0.25, -0.2) is 0 Å². The number of amides is 1. The maximum Gasteiger partial charge on any atom is 0.241 e. The van der Waals surface area contributed by atoms with Crippen LogP contribution in [0.5, 0.6) is 17.2 Å². The molecule has 1 aliphatic rings. The van der Waals surface area contributed by atoms with E-state index in [2.05, 4.69) is 58.7 Å². The smallest absolute Gasteiger partial charge is 0.241 e. The molecule has 0 aliphatic carbocycles. The maximum atomic E-state index is 13.0. The standard InChI is InChI=1S/C28H33N3O4/c1-33-24-18-23(19-25(34-2)28(24)35-3)29-20-26(32)30-14-16-31(17-15-30)27(21-10-6-4-7-11-21)22-12-8-5-9-13-22/h4-13,18-19,27,29H,14-17,20H2,1-3H3. The van der Waals surface area contributed by atoms with Crippen LogP contribution in [0, 0.1) is 0 Å². The van der Waals surface area contributed by atoms with E-state index in [1.807, 2.05) is 17.0 Å². The van der Waals surface area contributed by atoms with Crippen LogP contribution in [0.4, 0.5) is 5.69 Å². The lowest BCUT2D eigenvalue weighted by molar-refractivity contribution is -0.131. The number of nitrogens with zero attached hydrogens (tertiary/aromatic N) is 2. The zero-order valence-corrected chi connectivity index (χ0v) is 20.6. The highest BCUT2D eigenvalue weighted by atomic mass is 16.5. The number of hydrogen-bond donors (Lipinski definition) is 1. The van der Waals surface area contributed by atoms with Crippen LogP contribution >= 0.6 is 0 Å². The van der Waals surface area contributed by atoms with E-state index in [4.69, 9.17) is 14.2 Å². The number of hydrogen-bond acceptors (Lipinski definition) is 6. The summed E-state index contributed by atoms with van der Waals surface area (Å²) in [6.07, 6.45) is 0. The molecule has 7 nitrogen and oxygen atoms in total. The lowest BCUT2D eigenvalue weighted by Gasteiger charge is -2.40. The Balaban J connectivity index is 1.39. The van der Waals surface area contributed by atoms with E-state index in [0.717, 1.165) is 18.8 Å². The van der Waals surface area contributed by atoms with Gasteiger partial charge in [0, 0.05) is 44.0 Å². The maximum absolute atomic E-state index is 13.0. The Hall–Kier alpha value is -3.71. The number of anilines is 1. The summed E-state index contributed by atoms with van der Waals surface area (Å²) in [5.41, 5.74) is 3.27. The summed E-state index contributed by atoms with van der Waals surface area (Å²) in [4.78, 5) is 17.4. The zero-order chi connectivity index (χ0) is 24.6. The van der Waals surface area contributed by atoms with E-state index >= 15 is 0 Å². The van der Waals surface area contributed by atoms with Crippen LogP contribution in [0.15, 0.2) is 72.8 Å². The normalized spacial score (nSPS) is 14.0. The fourth-order valence-corrected chi connectivity index (χ4v) is 4.59. The number of piperazine rings is 1. The molecule has 0 aromatic heterocycles. The molecule has 0 spiro atoms. The van der Waals surface area contributed by atoms with Gasteiger partial charge in [-0.2, -0.15) is 0 Å². The minimum atomic E-state index is 0.0642. The lowest BCUT2D eigenvalue weighted by Crippen LogP contribution is -2.51. The largest absolute Gasteiger partial charge is 0.493 e. The van der Waals surface area contributed by atoms with Crippen molar-refractivity contribution in [3.8, 4) is 17.2 Å². The van der Waals surface area contributed by atoms with Crippen molar-refractivity contribution in [1.29, 1.82) is 0 Å². The summed E-state index contributed by atoms with van der Waals surface area (Å²) in [7, 11) is 4.71. The number of nitrogens with one attached hydrogen (secondary N) is 1. The molecule has 3 aromatic carbocycles. The van der Waals surface area contributed by atoms with Gasteiger partial charge in [-0.05, 0) is 11.1 Å². The Labute approximate surface area is 207 Å². The molecule has 1 saturated heterocycles. The van der Waals surface area contributed by atoms with Gasteiger partial charge >= 0.3 is 0 Å². The molecule has 3 aromatic rings. The van der Waals surface area contributed by atoms with Crippen molar-refractivity contribution in [3.05, 3.63) is 83.9 Å². The second kappa shape index (κ2) is 11.6. The van der Waals surface area contributed by atoms with E-state index < -0.39 is 0 Å². The molecule has 1 amide bonds. The van der Waals surface area contributed by atoms with Crippen LogP contribution in [0.25, 0.3) is 0 Å². The number of carbonyl (C=O) groups is 1. The number of ether oxygens (including phenoxy) is 3. The average molecular weight is 476 g/mol. The molecule has 0 unspecified atom stereocenters. The molecule has 35 heavy (non-hydrogen) atoms. The monoisotopic (exact) mass is 475 g/mol. The molecule has 4 rings (SSSR count). The Morgan fingerprint density at radius 2 is 1.31 bits per heavy atom. The van der Waals surface area contributed by atoms with Gasteiger partial charge in [0.25, 0.3) is 0 Å². The van der Waals surface area contributed by atoms with Gasteiger partial charge < -0.3 is 24.4 Å². The first-order chi connectivity index (χ1) is 17.1. The van der Waals surface area contributed by atoms with Crippen molar-refractivity contribution >= 4 is 11.6 Å². The first kappa shape index (κ1) is 24.4. The van der Waals surface area contributed by atoms with Crippen LogP contribution in [0.1, 0.15) is 17.2 Å². The van der Waals surface area contributed by atoms with Crippen LogP contribution in [0.3, 0.4) is 0 Å². The van der Waals surface area contributed by atoms with E-state index in [0.29, 0.717) is 30.3 Å². The summed E-state index contributed by atoms with van der Waals surface area (Å²) in [6, 6.07) is 24.9. The third-order valence-corrected chi connectivity index (χ3v) is 6.37. The minimum Gasteiger partial charge on any atom is -0.493 e. The SMILES string of the molecule is COc1cc(NCC(=O)N2CCN(C(c3ccccc3)c3ccccc3)CC2)cc(OC)c1OC. The van der Waals surface area contributed by atoms with Crippen LogP contribution in [-0.2, 0) is 4.79 Å². The van der Waals surface area contributed by atoms with Crippen LogP contribution < -0.4 is 19.5 Å². The zero-order valence-electron chi connectivity index (χ0n) is 20.6. The molecule has 0 saturated carbocycles. The summed E-state index contributed by atoms with van der Waals surface area (Å²) in [5.74, 6) is 1.68. The van der Waals surface area contributed by atoms with Crippen molar-refractivity contribution in [2.45, 2.75) is 6.04 Å². The molecule has 0 bridgehead atoms. The Bertz CT molecular complexity index is 1040. The van der Waals surface area contributed by atoms with E-state index in [-0.39, 0.29) is 18.5 Å². The molecule has 7 heteroatoms. The van der Waals surface area contributed by atoms with Crippen molar-refractivity contribution < 1.29 is 19.0 Å². The van der Waals surface area contributed by atoms with Crippen molar-refractivity contribution in [2.24, 2.45) is 0 Å². The summed E-state index contributed by atoms with van der Waals surface area (Å²) < 4.78 is 16.2. The average Bonchev–Trinajstić information content (AvgIpc) is 2.92. The Morgan fingerprint density at radius 1 is 0.800 bits per heavy atom. The summed E-state index contributed by atoms with van der Waals surface area (Å²) in [6.45, 7) is 3.19.